The van der Waals surface area contributed by atoms with Gasteiger partial charge in [-0.25, -0.2) is 4.57 Å². The first-order valence-corrected chi connectivity index (χ1v) is 20.2. The number of hydrogen-bond acceptors (Lipinski definition) is 5. The van der Waals surface area contributed by atoms with E-state index in [0.29, 0.717) is 23.8 Å². The van der Waals surface area contributed by atoms with Crippen molar-refractivity contribution < 1.29 is 23.1 Å². The van der Waals surface area contributed by atoms with Crippen molar-refractivity contribution in [2.24, 2.45) is 16.7 Å². The van der Waals surface area contributed by atoms with E-state index in [-0.39, 0.29) is 6.61 Å². The molecule has 0 fully saturated rings. The molecule has 5 aromatic carbocycles. The third-order valence-corrected chi connectivity index (χ3v) is 14.2. The fourth-order valence-electron chi connectivity index (χ4n) is 7.82. The maximum absolute atomic E-state index is 15.8. The Hall–Kier alpha value is -4.60. The van der Waals surface area contributed by atoms with Gasteiger partial charge in [-0.2, -0.15) is 0 Å². The average Bonchev–Trinajstić information content (AvgIpc) is 3.17. The van der Waals surface area contributed by atoms with Gasteiger partial charge in [0.05, 0.1) is 5.41 Å². The highest BCUT2D eigenvalue weighted by Crippen LogP contribution is 2.69. The van der Waals surface area contributed by atoms with E-state index < -0.39 is 35.0 Å². The molecule has 0 bridgehead atoms. The molecule has 5 aromatic rings. The maximum atomic E-state index is 15.8. The third-order valence-electron chi connectivity index (χ3n) is 11.5. The van der Waals surface area contributed by atoms with Crippen LogP contribution < -0.4 is 9.05 Å². The van der Waals surface area contributed by atoms with E-state index in [2.05, 4.69) is 76.2 Å². The molecule has 53 heavy (non-hydrogen) atoms. The summed E-state index contributed by atoms with van der Waals surface area (Å²) >= 11 is 0. The van der Waals surface area contributed by atoms with Crippen LogP contribution in [0.4, 0.5) is 0 Å². The Kier molecular flexibility index (Phi) is 12.4. The fourth-order valence-corrected chi connectivity index (χ4v) is 9.88. The molecule has 0 radical (unpaired) electrons. The van der Waals surface area contributed by atoms with Crippen molar-refractivity contribution in [3.63, 3.8) is 0 Å². The minimum atomic E-state index is -4.25. The summed E-state index contributed by atoms with van der Waals surface area (Å²) in [6.07, 6.45) is 2.12. The summed E-state index contributed by atoms with van der Waals surface area (Å²) in [6, 6.07) is 49.0. The quantitative estimate of drug-likeness (QED) is 0.0704. The van der Waals surface area contributed by atoms with Crippen molar-refractivity contribution >= 4 is 13.6 Å². The molecular formula is C47H55O5P. The first-order valence-electron chi connectivity index (χ1n) is 18.7. The normalized spacial score (nSPS) is 14.1. The van der Waals surface area contributed by atoms with Crippen LogP contribution in [0.5, 0.6) is 11.5 Å². The minimum absolute atomic E-state index is 0.0739. The van der Waals surface area contributed by atoms with E-state index in [9.17, 15) is 0 Å². The Morgan fingerprint density at radius 1 is 0.623 bits per heavy atom. The van der Waals surface area contributed by atoms with Crippen LogP contribution in [0.3, 0.4) is 0 Å². The SMILES string of the molecule is CCC(C)CC(c1ccccc1)(c1ccccc1)C(C)(C)CC(C)(C(=O)OCc1ccccc1)C(C)(C)P(=O)(Oc1ccccc1)Oc1ccccc1. The van der Waals surface area contributed by atoms with Gasteiger partial charge in [0.1, 0.15) is 23.3 Å². The summed E-state index contributed by atoms with van der Waals surface area (Å²) in [5.41, 5.74) is 0.615. The number of benzene rings is 5. The Balaban J connectivity index is 1.73. The van der Waals surface area contributed by atoms with Gasteiger partial charge in [0.25, 0.3) is 0 Å². The number of esters is 1. The predicted octanol–water partition coefficient (Wildman–Crippen LogP) is 12.7. The van der Waals surface area contributed by atoms with Crippen molar-refractivity contribution in [3.05, 3.63) is 168 Å². The molecule has 0 heterocycles. The van der Waals surface area contributed by atoms with E-state index in [4.69, 9.17) is 13.8 Å². The zero-order valence-electron chi connectivity index (χ0n) is 32.3. The van der Waals surface area contributed by atoms with Crippen LogP contribution in [-0.4, -0.2) is 11.1 Å². The van der Waals surface area contributed by atoms with Gasteiger partial charge in [-0.15, -0.1) is 0 Å². The standard InChI is InChI=1S/C47H55O5P/c1-8-37(2)34-47(39-26-16-10-17-27-39,40-28-18-11-19-29-40)44(3,4)36-46(7,43(48)50-35-38-24-14-9-15-25-38)45(5,6)53(49,51-41-30-20-12-21-31-41)52-42-32-22-13-23-33-42/h9-33,37H,8,34-36H2,1-7H3. The maximum Gasteiger partial charge on any atom is 0.437 e. The van der Waals surface area contributed by atoms with Crippen LogP contribution >= 0.6 is 7.60 Å². The largest absolute Gasteiger partial charge is 0.460 e. The van der Waals surface area contributed by atoms with Crippen molar-refractivity contribution in [2.45, 2.75) is 84.9 Å². The molecule has 0 aliphatic carbocycles. The van der Waals surface area contributed by atoms with Gasteiger partial charge in [-0.1, -0.05) is 162 Å². The van der Waals surface area contributed by atoms with E-state index in [1.165, 1.54) is 11.1 Å². The fraction of sp³-hybridized carbons (Fsp3) is 0.340. The van der Waals surface area contributed by atoms with Gasteiger partial charge in [0.15, 0.2) is 0 Å². The molecule has 0 aromatic heterocycles. The summed E-state index contributed by atoms with van der Waals surface area (Å²) in [5.74, 6) is 0.664. The Labute approximate surface area is 317 Å². The summed E-state index contributed by atoms with van der Waals surface area (Å²) < 4.78 is 35.1. The molecule has 0 aliphatic heterocycles. The van der Waals surface area contributed by atoms with Gasteiger partial charge < -0.3 is 13.8 Å². The Morgan fingerprint density at radius 2 is 1.02 bits per heavy atom. The van der Waals surface area contributed by atoms with E-state index in [0.717, 1.165) is 18.4 Å². The second kappa shape index (κ2) is 16.6. The second-order valence-corrected chi connectivity index (χ2v) is 18.2. The third kappa shape index (κ3) is 8.31. The number of carbonyl (C=O) groups is 1. The number of ether oxygens (including phenoxy) is 1. The molecule has 0 N–H and O–H groups in total. The summed E-state index contributed by atoms with van der Waals surface area (Å²) in [6.45, 7) is 14.6. The lowest BCUT2D eigenvalue weighted by atomic mass is 9.50. The predicted molar refractivity (Wildman–Crippen MR) is 216 cm³/mol. The molecule has 0 aliphatic rings. The molecule has 0 saturated heterocycles. The highest BCUT2D eigenvalue weighted by atomic mass is 31.2. The van der Waals surface area contributed by atoms with Crippen molar-refractivity contribution in [2.75, 3.05) is 0 Å². The lowest BCUT2D eigenvalue weighted by Crippen LogP contribution is -2.55. The number of rotatable bonds is 17. The Morgan fingerprint density at radius 3 is 1.43 bits per heavy atom. The van der Waals surface area contributed by atoms with Crippen LogP contribution in [0, 0.1) is 16.7 Å². The monoisotopic (exact) mass is 730 g/mol. The molecule has 0 amide bonds. The first kappa shape index (κ1) is 39.6. The minimum Gasteiger partial charge on any atom is -0.460 e. The second-order valence-electron chi connectivity index (χ2n) is 15.7. The van der Waals surface area contributed by atoms with E-state index in [1.54, 1.807) is 24.3 Å². The molecule has 6 heteroatoms. The van der Waals surface area contributed by atoms with Gasteiger partial charge in [-0.05, 0) is 85.9 Å². The van der Waals surface area contributed by atoms with Crippen LogP contribution in [-0.2, 0) is 26.1 Å². The summed E-state index contributed by atoms with van der Waals surface area (Å²) in [4.78, 5) is 15.1. The lowest BCUT2D eigenvalue weighted by Gasteiger charge is -2.54. The van der Waals surface area contributed by atoms with Crippen LogP contribution in [0.1, 0.15) is 84.4 Å². The average molecular weight is 731 g/mol. The number of hydrogen-bond donors (Lipinski definition) is 0. The van der Waals surface area contributed by atoms with Gasteiger partial charge in [-0.3, -0.25) is 4.79 Å². The smallest absolute Gasteiger partial charge is 0.437 e. The van der Waals surface area contributed by atoms with Crippen molar-refractivity contribution in [3.8, 4) is 11.5 Å². The number of para-hydroxylation sites is 2. The summed E-state index contributed by atoms with van der Waals surface area (Å²) in [5, 5.41) is -1.42. The highest BCUT2D eigenvalue weighted by molar-refractivity contribution is 7.56. The first-order chi connectivity index (χ1) is 25.3. The van der Waals surface area contributed by atoms with E-state index in [1.807, 2.05) is 99.6 Å². The molecule has 5 nitrogen and oxygen atoms in total. The summed E-state index contributed by atoms with van der Waals surface area (Å²) in [7, 11) is -4.25. The van der Waals surface area contributed by atoms with Crippen molar-refractivity contribution in [1.82, 2.24) is 0 Å². The van der Waals surface area contributed by atoms with Crippen molar-refractivity contribution in [1.29, 1.82) is 0 Å². The molecule has 0 saturated carbocycles. The topological polar surface area (TPSA) is 61.8 Å². The molecule has 0 spiro atoms. The van der Waals surface area contributed by atoms with Gasteiger partial charge >= 0.3 is 13.6 Å². The van der Waals surface area contributed by atoms with Crippen LogP contribution in [0.25, 0.3) is 0 Å². The van der Waals surface area contributed by atoms with Crippen LogP contribution in [0.2, 0.25) is 0 Å². The van der Waals surface area contributed by atoms with Gasteiger partial charge in [0.2, 0.25) is 0 Å². The zero-order chi connectivity index (χ0) is 38.2. The lowest BCUT2D eigenvalue weighted by molar-refractivity contribution is -0.161. The number of carbonyl (C=O) groups excluding carboxylic acids is 1. The molecular weight excluding hydrogens is 675 g/mol. The van der Waals surface area contributed by atoms with E-state index >= 15 is 9.36 Å². The van der Waals surface area contributed by atoms with Crippen LogP contribution in [0.15, 0.2) is 152 Å². The molecule has 2 unspecified atom stereocenters. The van der Waals surface area contributed by atoms with Gasteiger partial charge in [0, 0.05) is 5.41 Å². The Bertz CT molecular complexity index is 1840. The highest BCUT2D eigenvalue weighted by Gasteiger charge is 2.65. The molecule has 2 atom stereocenters. The molecule has 278 valence electrons. The molecule has 5 rings (SSSR count). The zero-order valence-corrected chi connectivity index (χ0v) is 33.2.